The van der Waals surface area contributed by atoms with Crippen LogP contribution < -0.4 is 4.90 Å². The van der Waals surface area contributed by atoms with Gasteiger partial charge in [-0.3, -0.25) is 19.8 Å². The first-order valence-electron chi connectivity index (χ1n) is 9.74. The van der Waals surface area contributed by atoms with Gasteiger partial charge in [0.1, 0.15) is 5.69 Å². The summed E-state index contributed by atoms with van der Waals surface area (Å²) in [6.45, 7) is 5.84. The van der Waals surface area contributed by atoms with E-state index in [1.54, 1.807) is 37.1 Å². The molecule has 0 bridgehead atoms. The van der Waals surface area contributed by atoms with Gasteiger partial charge in [0.25, 0.3) is 5.69 Å². The van der Waals surface area contributed by atoms with Crippen molar-refractivity contribution in [1.82, 2.24) is 14.5 Å². The smallest absolute Gasteiger partial charge is 0.293 e. The Morgan fingerprint density at radius 1 is 1.38 bits per heavy atom. The normalized spacial score (nSPS) is 17.5. The van der Waals surface area contributed by atoms with Crippen LogP contribution in [0.25, 0.3) is 0 Å². The number of methoxy groups -OCH3 is 1. The van der Waals surface area contributed by atoms with E-state index in [9.17, 15) is 14.9 Å². The summed E-state index contributed by atoms with van der Waals surface area (Å²) in [5.41, 5.74) is 0.766. The maximum Gasteiger partial charge on any atom is 0.293 e. The number of ether oxygens (including phenoxy) is 1. The van der Waals surface area contributed by atoms with Crippen LogP contribution in [-0.4, -0.2) is 71.1 Å². The molecule has 1 unspecified atom stereocenters. The largest absolute Gasteiger partial charge is 0.383 e. The molecule has 1 aromatic carbocycles. The monoisotopic (exact) mass is 401 g/mol. The zero-order valence-electron chi connectivity index (χ0n) is 17.1. The van der Waals surface area contributed by atoms with Crippen LogP contribution in [0.4, 0.5) is 11.4 Å². The number of hydrogen-bond acceptors (Lipinski definition) is 7. The average molecular weight is 401 g/mol. The van der Waals surface area contributed by atoms with Crippen molar-refractivity contribution in [1.29, 1.82) is 0 Å². The van der Waals surface area contributed by atoms with Crippen molar-refractivity contribution in [2.24, 2.45) is 7.05 Å². The lowest BCUT2D eigenvalue weighted by Gasteiger charge is -2.42. The summed E-state index contributed by atoms with van der Waals surface area (Å²) in [6.07, 6.45) is 4.15. The van der Waals surface area contributed by atoms with E-state index in [0.29, 0.717) is 31.4 Å². The number of piperazine rings is 1. The Morgan fingerprint density at radius 3 is 2.79 bits per heavy atom. The molecule has 0 radical (unpaired) electrons. The fraction of sp³-hybridized carbons (Fsp3) is 0.500. The first kappa shape index (κ1) is 20.9. The SMILES string of the molecule is CCC1CN(c2ccc(C(=O)c3nccn3C)cc2[N+](=O)[O-])CCN1CCOC. The number of nitro groups is 1. The zero-order chi connectivity index (χ0) is 21.0. The highest BCUT2D eigenvalue weighted by Crippen LogP contribution is 2.32. The number of hydrogen-bond donors (Lipinski definition) is 0. The Labute approximate surface area is 170 Å². The number of ketones is 1. The fourth-order valence-electron chi connectivity index (χ4n) is 3.79. The highest BCUT2D eigenvalue weighted by molar-refractivity contribution is 6.07. The number of carbonyl (C=O) groups is 1. The Morgan fingerprint density at radius 2 is 2.17 bits per heavy atom. The number of nitro benzene ring substituents is 1. The molecular formula is C20H27N5O4. The Hall–Kier alpha value is -2.78. The van der Waals surface area contributed by atoms with Crippen LogP contribution in [0.5, 0.6) is 0 Å². The van der Waals surface area contributed by atoms with Gasteiger partial charge in [-0.2, -0.15) is 0 Å². The van der Waals surface area contributed by atoms with Crippen molar-refractivity contribution >= 4 is 17.2 Å². The lowest BCUT2D eigenvalue weighted by Crippen LogP contribution is -2.53. The molecule has 1 aliphatic heterocycles. The highest BCUT2D eigenvalue weighted by Gasteiger charge is 2.30. The predicted octanol–water partition coefficient (Wildman–Crippen LogP) is 2.11. The topological polar surface area (TPSA) is 93.7 Å². The molecule has 0 aliphatic carbocycles. The average Bonchev–Trinajstić information content (AvgIpc) is 3.16. The van der Waals surface area contributed by atoms with E-state index in [2.05, 4.69) is 16.8 Å². The third-order valence-corrected chi connectivity index (χ3v) is 5.46. The van der Waals surface area contributed by atoms with Crippen molar-refractivity contribution in [2.75, 3.05) is 44.8 Å². The summed E-state index contributed by atoms with van der Waals surface area (Å²) >= 11 is 0. The van der Waals surface area contributed by atoms with Crippen molar-refractivity contribution in [3.8, 4) is 0 Å². The maximum atomic E-state index is 12.7. The molecule has 2 aromatic rings. The summed E-state index contributed by atoms with van der Waals surface area (Å²) in [7, 11) is 3.41. The zero-order valence-corrected chi connectivity index (χ0v) is 17.1. The van der Waals surface area contributed by atoms with Crippen LogP contribution in [0, 0.1) is 10.1 Å². The Bertz CT molecular complexity index is 882. The van der Waals surface area contributed by atoms with Gasteiger partial charge in [0.2, 0.25) is 5.78 Å². The third-order valence-electron chi connectivity index (χ3n) is 5.46. The molecule has 1 atom stereocenters. The lowest BCUT2D eigenvalue weighted by molar-refractivity contribution is -0.384. The van der Waals surface area contributed by atoms with Gasteiger partial charge in [0.05, 0.1) is 11.5 Å². The minimum atomic E-state index is -0.414. The second-order valence-electron chi connectivity index (χ2n) is 7.19. The molecule has 1 aromatic heterocycles. The maximum absolute atomic E-state index is 12.7. The summed E-state index contributed by atoms with van der Waals surface area (Å²) in [4.78, 5) is 32.5. The minimum absolute atomic E-state index is 0.0507. The second kappa shape index (κ2) is 9.15. The molecule has 9 nitrogen and oxygen atoms in total. The Balaban J connectivity index is 1.85. The van der Waals surface area contributed by atoms with Crippen molar-refractivity contribution < 1.29 is 14.5 Å². The predicted molar refractivity (Wildman–Crippen MR) is 109 cm³/mol. The number of benzene rings is 1. The van der Waals surface area contributed by atoms with Crippen molar-refractivity contribution in [2.45, 2.75) is 19.4 Å². The summed E-state index contributed by atoms with van der Waals surface area (Å²) in [5.74, 6) is -0.0761. The van der Waals surface area contributed by atoms with E-state index < -0.39 is 4.92 Å². The van der Waals surface area contributed by atoms with E-state index in [4.69, 9.17) is 4.74 Å². The lowest BCUT2D eigenvalue weighted by atomic mass is 10.0. The number of imidazole rings is 1. The van der Waals surface area contributed by atoms with Crippen LogP contribution in [-0.2, 0) is 11.8 Å². The Kier molecular flexibility index (Phi) is 6.60. The molecular weight excluding hydrogens is 374 g/mol. The van der Waals surface area contributed by atoms with Gasteiger partial charge in [-0.25, -0.2) is 4.98 Å². The molecule has 29 heavy (non-hydrogen) atoms. The van der Waals surface area contributed by atoms with Crippen LogP contribution in [0.15, 0.2) is 30.6 Å². The van der Waals surface area contributed by atoms with Gasteiger partial charge >= 0.3 is 0 Å². The number of carbonyl (C=O) groups excluding carboxylic acids is 1. The van der Waals surface area contributed by atoms with Crippen LogP contribution in [0.3, 0.4) is 0 Å². The van der Waals surface area contributed by atoms with Gasteiger partial charge in [-0.1, -0.05) is 6.92 Å². The molecule has 0 spiro atoms. The van der Waals surface area contributed by atoms with E-state index in [1.807, 2.05) is 4.90 Å². The number of aryl methyl sites for hydroxylation is 1. The van der Waals surface area contributed by atoms with E-state index in [0.717, 1.165) is 19.5 Å². The number of anilines is 1. The number of aromatic nitrogens is 2. The van der Waals surface area contributed by atoms with Gasteiger partial charge in [0.15, 0.2) is 5.82 Å². The number of nitrogens with zero attached hydrogens (tertiary/aromatic N) is 5. The molecule has 1 aliphatic rings. The first-order chi connectivity index (χ1) is 14.0. The summed E-state index contributed by atoms with van der Waals surface area (Å²) in [6, 6.07) is 5.00. The van der Waals surface area contributed by atoms with E-state index >= 15 is 0 Å². The number of rotatable bonds is 8. The van der Waals surface area contributed by atoms with Gasteiger partial charge < -0.3 is 14.2 Å². The standard InChI is InChI=1S/C20H27N5O4/c1-4-16-14-24(10-9-23(16)11-12-29-3)17-6-5-15(13-18(17)25(27)28)19(26)20-21-7-8-22(20)2/h5-8,13,16H,4,9-12,14H2,1-3H3. The molecule has 9 heteroatoms. The van der Waals surface area contributed by atoms with Gasteiger partial charge in [0, 0.05) is 70.4 Å². The van der Waals surface area contributed by atoms with Crippen LogP contribution >= 0.6 is 0 Å². The molecule has 0 N–H and O–H groups in total. The highest BCUT2D eigenvalue weighted by atomic mass is 16.6. The molecule has 2 heterocycles. The van der Waals surface area contributed by atoms with Crippen LogP contribution in [0.2, 0.25) is 0 Å². The molecule has 156 valence electrons. The summed E-state index contributed by atoms with van der Waals surface area (Å²) in [5, 5.41) is 11.8. The quantitative estimate of drug-likeness (QED) is 0.380. The molecule has 3 rings (SSSR count). The van der Waals surface area contributed by atoms with Crippen molar-refractivity contribution in [3.05, 3.63) is 52.1 Å². The molecule has 0 amide bonds. The summed E-state index contributed by atoms with van der Waals surface area (Å²) < 4.78 is 6.80. The van der Waals surface area contributed by atoms with Crippen molar-refractivity contribution in [3.63, 3.8) is 0 Å². The fourth-order valence-corrected chi connectivity index (χ4v) is 3.79. The van der Waals surface area contributed by atoms with E-state index in [-0.39, 0.29) is 22.9 Å². The van der Waals surface area contributed by atoms with Gasteiger partial charge in [-0.05, 0) is 18.6 Å². The molecule has 0 saturated carbocycles. The first-order valence-corrected chi connectivity index (χ1v) is 9.74. The van der Waals surface area contributed by atoms with Gasteiger partial charge in [-0.15, -0.1) is 0 Å². The van der Waals surface area contributed by atoms with E-state index in [1.165, 1.54) is 12.3 Å². The minimum Gasteiger partial charge on any atom is -0.383 e. The molecule has 1 fully saturated rings. The molecule has 1 saturated heterocycles. The van der Waals surface area contributed by atoms with Crippen LogP contribution in [0.1, 0.15) is 29.5 Å². The second-order valence-corrected chi connectivity index (χ2v) is 7.19. The third kappa shape index (κ3) is 4.46.